The third-order valence-electron chi connectivity index (χ3n) is 6.30. The molecule has 35 heavy (non-hydrogen) atoms. The molecule has 4 aromatic rings. The SMILES string of the molecule is C[C@@H](C(=O)N1CCN(c2ccc(S(=O)(=O)Nc3ncccn3)cc2)CC1)n1ccc2ccccc21. The van der Waals surface area contributed by atoms with Crippen LogP contribution in [-0.4, -0.2) is 59.9 Å². The van der Waals surface area contributed by atoms with E-state index in [0.717, 1.165) is 16.6 Å². The Labute approximate surface area is 204 Å². The van der Waals surface area contributed by atoms with Crippen molar-refractivity contribution in [3.63, 3.8) is 0 Å². The van der Waals surface area contributed by atoms with Crippen LogP contribution in [0.25, 0.3) is 10.9 Å². The zero-order valence-electron chi connectivity index (χ0n) is 19.3. The number of hydrogen-bond acceptors (Lipinski definition) is 6. The van der Waals surface area contributed by atoms with E-state index in [4.69, 9.17) is 0 Å². The predicted octanol–water partition coefficient (Wildman–Crippen LogP) is 3.14. The van der Waals surface area contributed by atoms with Crippen LogP contribution in [0.15, 0.2) is 84.1 Å². The molecule has 0 radical (unpaired) electrons. The zero-order chi connectivity index (χ0) is 24.4. The molecule has 180 valence electrons. The topological polar surface area (TPSA) is 100 Å². The minimum Gasteiger partial charge on any atom is -0.368 e. The van der Waals surface area contributed by atoms with E-state index in [1.54, 1.807) is 30.3 Å². The molecule has 5 rings (SSSR count). The second-order valence-corrected chi connectivity index (χ2v) is 10.1. The minimum absolute atomic E-state index is 0.0273. The number of hydrogen-bond donors (Lipinski definition) is 1. The van der Waals surface area contributed by atoms with Gasteiger partial charge in [0.05, 0.1) is 4.90 Å². The van der Waals surface area contributed by atoms with Gasteiger partial charge >= 0.3 is 0 Å². The van der Waals surface area contributed by atoms with Gasteiger partial charge in [-0.1, -0.05) is 18.2 Å². The number of anilines is 2. The van der Waals surface area contributed by atoms with E-state index in [1.165, 1.54) is 12.4 Å². The second-order valence-electron chi connectivity index (χ2n) is 8.44. The van der Waals surface area contributed by atoms with Crippen molar-refractivity contribution in [2.45, 2.75) is 17.9 Å². The molecule has 0 bridgehead atoms. The van der Waals surface area contributed by atoms with Crippen molar-refractivity contribution in [3.8, 4) is 0 Å². The maximum absolute atomic E-state index is 13.2. The summed E-state index contributed by atoms with van der Waals surface area (Å²) < 4.78 is 29.6. The van der Waals surface area contributed by atoms with Crippen LogP contribution in [-0.2, 0) is 14.8 Å². The first kappa shape index (κ1) is 22.9. The molecule has 1 saturated heterocycles. The van der Waals surface area contributed by atoms with Crippen LogP contribution in [0.4, 0.5) is 11.6 Å². The Kier molecular flexibility index (Phi) is 6.12. The maximum atomic E-state index is 13.2. The van der Waals surface area contributed by atoms with E-state index >= 15 is 0 Å². The first-order valence-electron chi connectivity index (χ1n) is 11.4. The van der Waals surface area contributed by atoms with E-state index in [9.17, 15) is 13.2 Å². The number of nitrogens with one attached hydrogen (secondary N) is 1. The van der Waals surface area contributed by atoms with Gasteiger partial charge in [0, 0.05) is 56.0 Å². The highest BCUT2D eigenvalue weighted by atomic mass is 32.2. The molecule has 1 N–H and O–H groups in total. The van der Waals surface area contributed by atoms with E-state index < -0.39 is 10.0 Å². The summed E-state index contributed by atoms with van der Waals surface area (Å²) in [5, 5.41) is 1.12. The van der Waals surface area contributed by atoms with Crippen LogP contribution >= 0.6 is 0 Å². The van der Waals surface area contributed by atoms with E-state index in [0.29, 0.717) is 26.2 Å². The highest BCUT2D eigenvalue weighted by Gasteiger charge is 2.26. The maximum Gasteiger partial charge on any atom is 0.264 e. The van der Waals surface area contributed by atoms with E-state index in [2.05, 4.69) is 19.6 Å². The Morgan fingerprint density at radius 3 is 2.31 bits per heavy atom. The molecule has 0 aliphatic carbocycles. The van der Waals surface area contributed by atoms with Crippen molar-refractivity contribution >= 4 is 38.5 Å². The van der Waals surface area contributed by atoms with Crippen LogP contribution in [0.5, 0.6) is 0 Å². The summed E-state index contributed by atoms with van der Waals surface area (Å²) in [6.07, 6.45) is 4.91. The largest absolute Gasteiger partial charge is 0.368 e. The smallest absolute Gasteiger partial charge is 0.264 e. The molecule has 2 aromatic heterocycles. The number of benzene rings is 2. The summed E-state index contributed by atoms with van der Waals surface area (Å²) in [7, 11) is -3.78. The molecule has 1 aliphatic rings. The molecular weight excluding hydrogens is 464 g/mol. The Balaban J connectivity index is 1.21. The highest BCUT2D eigenvalue weighted by molar-refractivity contribution is 7.92. The van der Waals surface area contributed by atoms with Crippen molar-refractivity contribution in [2.75, 3.05) is 35.8 Å². The first-order chi connectivity index (χ1) is 16.9. The summed E-state index contributed by atoms with van der Waals surface area (Å²) in [4.78, 5) is 25.2. The quantitative estimate of drug-likeness (QED) is 0.446. The van der Waals surface area contributed by atoms with Gasteiger partial charge in [-0.25, -0.2) is 23.1 Å². The average Bonchev–Trinajstić information content (AvgIpc) is 3.33. The third-order valence-corrected chi connectivity index (χ3v) is 7.64. The Morgan fingerprint density at radius 2 is 1.60 bits per heavy atom. The number of carbonyl (C=O) groups is 1. The van der Waals surface area contributed by atoms with Gasteiger partial charge in [0.15, 0.2) is 0 Å². The number of aromatic nitrogens is 3. The monoisotopic (exact) mass is 490 g/mol. The van der Waals surface area contributed by atoms with Gasteiger partial charge in [-0.3, -0.25) is 4.79 Å². The van der Waals surface area contributed by atoms with Crippen LogP contribution in [0.3, 0.4) is 0 Å². The van der Waals surface area contributed by atoms with Crippen molar-refractivity contribution in [1.29, 1.82) is 0 Å². The fourth-order valence-electron chi connectivity index (χ4n) is 4.38. The van der Waals surface area contributed by atoms with Crippen LogP contribution in [0.1, 0.15) is 13.0 Å². The predicted molar refractivity (Wildman–Crippen MR) is 135 cm³/mol. The standard InChI is InChI=1S/C25H26N6O3S/c1-19(31-14-11-20-5-2-3-6-23(20)31)24(32)30-17-15-29(16-18-30)21-7-9-22(10-8-21)35(33,34)28-25-26-12-4-13-27-25/h2-14,19H,15-18H2,1H3,(H,26,27,28)/t19-/m0/s1. The Morgan fingerprint density at radius 1 is 0.914 bits per heavy atom. The van der Waals surface area contributed by atoms with E-state index in [1.807, 2.05) is 52.9 Å². The fraction of sp³-hybridized carbons (Fsp3) is 0.240. The van der Waals surface area contributed by atoms with E-state index in [-0.39, 0.29) is 22.8 Å². The lowest BCUT2D eigenvalue weighted by Gasteiger charge is -2.37. The average molecular weight is 491 g/mol. The van der Waals surface area contributed by atoms with Gasteiger partial charge in [0.1, 0.15) is 6.04 Å². The number of nitrogens with zero attached hydrogens (tertiary/aromatic N) is 5. The zero-order valence-corrected chi connectivity index (χ0v) is 20.1. The molecule has 2 aromatic carbocycles. The third kappa shape index (κ3) is 4.69. The van der Waals surface area contributed by atoms with Gasteiger partial charge < -0.3 is 14.4 Å². The lowest BCUT2D eigenvalue weighted by molar-refractivity contribution is -0.134. The number of piperazine rings is 1. The number of amides is 1. The molecule has 3 heterocycles. The van der Waals surface area contributed by atoms with Gasteiger partial charge in [-0.05, 0) is 54.8 Å². The van der Waals surface area contributed by atoms with Crippen LogP contribution < -0.4 is 9.62 Å². The van der Waals surface area contributed by atoms with Crippen molar-refractivity contribution < 1.29 is 13.2 Å². The number of fused-ring (bicyclic) bond motifs is 1. The number of carbonyl (C=O) groups excluding carboxylic acids is 1. The minimum atomic E-state index is -3.78. The summed E-state index contributed by atoms with van der Waals surface area (Å²) in [5.41, 5.74) is 1.96. The van der Waals surface area contributed by atoms with Gasteiger partial charge in [-0.15, -0.1) is 0 Å². The lowest BCUT2D eigenvalue weighted by atomic mass is 10.2. The molecule has 0 unspecified atom stereocenters. The summed E-state index contributed by atoms with van der Waals surface area (Å²) in [6.45, 7) is 4.50. The lowest BCUT2D eigenvalue weighted by Crippen LogP contribution is -2.50. The molecule has 0 spiro atoms. The summed E-state index contributed by atoms with van der Waals surface area (Å²) in [5.74, 6) is 0.126. The molecular formula is C25H26N6O3S. The van der Waals surface area contributed by atoms with Crippen molar-refractivity contribution in [1.82, 2.24) is 19.4 Å². The van der Waals surface area contributed by atoms with Crippen molar-refractivity contribution in [2.24, 2.45) is 0 Å². The van der Waals surface area contributed by atoms with Crippen LogP contribution in [0, 0.1) is 0 Å². The first-order valence-corrected chi connectivity index (χ1v) is 12.9. The second kappa shape index (κ2) is 9.38. The fourth-order valence-corrected chi connectivity index (χ4v) is 5.34. The van der Waals surface area contributed by atoms with Gasteiger partial charge in [-0.2, -0.15) is 0 Å². The number of sulfonamides is 1. The molecule has 9 nitrogen and oxygen atoms in total. The molecule has 1 aliphatic heterocycles. The number of rotatable bonds is 6. The van der Waals surface area contributed by atoms with Crippen LogP contribution in [0.2, 0.25) is 0 Å². The molecule has 10 heteroatoms. The molecule has 0 saturated carbocycles. The Bertz CT molecular complexity index is 1430. The van der Waals surface area contributed by atoms with Gasteiger partial charge in [0.2, 0.25) is 11.9 Å². The summed E-state index contributed by atoms with van der Waals surface area (Å²) >= 11 is 0. The highest BCUT2D eigenvalue weighted by Crippen LogP contribution is 2.24. The Hall–Kier alpha value is -3.92. The number of para-hydroxylation sites is 1. The molecule has 1 amide bonds. The van der Waals surface area contributed by atoms with Crippen molar-refractivity contribution in [3.05, 3.63) is 79.3 Å². The molecule has 1 atom stereocenters. The normalized spacial score (nSPS) is 15.2. The summed E-state index contributed by atoms with van der Waals surface area (Å²) in [6, 6.07) is 18.1. The molecule has 1 fully saturated rings. The van der Waals surface area contributed by atoms with Gasteiger partial charge in [0.25, 0.3) is 10.0 Å².